The molecule has 2 N–H and O–H groups in total. The van der Waals surface area contributed by atoms with E-state index < -0.39 is 0 Å². The zero-order chi connectivity index (χ0) is 10.1. The molecule has 3 nitrogen and oxygen atoms in total. The van der Waals surface area contributed by atoms with Crippen LogP contribution in [0.15, 0.2) is 40.3 Å². The maximum Gasteiger partial charge on any atom is 0.0896 e. The quantitative estimate of drug-likeness (QED) is 0.556. The van der Waals surface area contributed by atoms with Crippen LogP contribution in [0.3, 0.4) is 0 Å². The van der Waals surface area contributed by atoms with Crippen LogP contribution in [-0.4, -0.2) is 19.1 Å². The van der Waals surface area contributed by atoms with Crippen molar-refractivity contribution in [2.24, 2.45) is 15.7 Å². The van der Waals surface area contributed by atoms with Crippen LogP contribution in [0.25, 0.3) is 0 Å². The molecule has 0 bridgehead atoms. The van der Waals surface area contributed by atoms with Gasteiger partial charge in [0.1, 0.15) is 0 Å². The molecule has 0 aliphatic heterocycles. The van der Waals surface area contributed by atoms with Crippen LogP contribution in [0.4, 0.5) is 0 Å². The van der Waals surface area contributed by atoms with Gasteiger partial charge in [0.15, 0.2) is 0 Å². The minimum absolute atomic E-state index is 0.646. The van der Waals surface area contributed by atoms with Gasteiger partial charge in [-0.25, -0.2) is 9.98 Å². The molecule has 0 radical (unpaired) electrons. The van der Waals surface area contributed by atoms with Crippen LogP contribution in [0.5, 0.6) is 0 Å². The van der Waals surface area contributed by atoms with Gasteiger partial charge < -0.3 is 5.73 Å². The number of hydrogen-bond acceptors (Lipinski definition) is 3. The van der Waals surface area contributed by atoms with Crippen molar-refractivity contribution in [3.05, 3.63) is 35.9 Å². The number of nitrogens with zero attached hydrogens (tertiary/aromatic N) is 2. The summed E-state index contributed by atoms with van der Waals surface area (Å²) < 4.78 is 0. The molecule has 0 aliphatic carbocycles. The molecule has 0 aliphatic rings. The molecule has 0 spiro atoms. The first-order chi connectivity index (χ1) is 6.93. The van der Waals surface area contributed by atoms with Crippen molar-refractivity contribution in [3.8, 4) is 0 Å². The van der Waals surface area contributed by atoms with Crippen LogP contribution in [-0.2, 0) is 6.54 Å². The summed E-state index contributed by atoms with van der Waals surface area (Å²) in [5, 5.41) is 0. The highest BCUT2D eigenvalue weighted by atomic mass is 14.8. The molecule has 74 valence electrons. The summed E-state index contributed by atoms with van der Waals surface area (Å²) in [6.07, 6.45) is 0.897. The average Bonchev–Trinajstić information content (AvgIpc) is 2.25. The first-order valence-corrected chi connectivity index (χ1v) is 4.75. The maximum atomic E-state index is 5.32. The van der Waals surface area contributed by atoms with E-state index >= 15 is 0 Å². The number of aliphatic imine (C=N–C) groups is 2. The topological polar surface area (TPSA) is 50.7 Å². The van der Waals surface area contributed by atoms with Crippen molar-refractivity contribution in [1.29, 1.82) is 0 Å². The van der Waals surface area contributed by atoms with Gasteiger partial charge in [0.25, 0.3) is 0 Å². The van der Waals surface area contributed by atoms with E-state index in [4.69, 9.17) is 5.73 Å². The molecule has 0 unspecified atom stereocenters. The van der Waals surface area contributed by atoms with Crippen LogP contribution in [0.1, 0.15) is 12.0 Å². The number of nitrogens with two attached hydrogens (primary N) is 1. The van der Waals surface area contributed by atoms with Crippen molar-refractivity contribution >= 4 is 6.01 Å². The lowest BCUT2D eigenvalue weighted by molar-refractivity contribution is 0.846. The number of hydrogen-bond donors (Lipinski definition) is 1. The van der Waals surface area contributed by atoms with Gasteiger partial charge in [-0.1, -0.05) is 30.3 Å². The smallest absolute Gasteiger partial charge is 0.0896 e. The van der Waals surface area contributed by atoms with E-state index in [0.717, 1.165) is 13.0 Å². The number of benzene rings is 1. The second kappa shape index (κ2) is 7.01. The second-order valence-corrected chi connectivity index (χ2v) is 2.93. The summed E-state index contributed by atoms with van der Waals surface area (Å²) >= 11 is 0. The van der Waals surface area contributed by atoms with E-state index in [0.29, 0.717) is 13.1 Å². The normalized spacial score (nSPS) is 9.21. The zero-order valence-corrected chi connectivity index (χ0v) is 8.19. The Morgan fingerprint density at radius 1 is 1.14 bits per heavy atom. The average molecular weight is 189 g/mol. The zero-order valence-electron chi connectivity index (χ0n) is 8.19. The van der Waals surface area contributed by atoms with Crippen molar-refractivity contribution in [2.45, 2.75) is 13.0 Å². The molecule has 0 fully saturated rings. The summed E-state index contributed by atoms with van der Waals surface area (Å²) in [6.45, 7) is 2.03. The summed E-state index contributed by atoms with van der Waals surface area (Å²) in [7, 11) is 0. The van der Waals surface area contributed by atoms with Gasteiger partial charge in [0.2, 0.25) is 0 Å². The fraction of sp³-hybridized carbons (Fsp3) is 0.364. The summed E-state index contributed by atoms with van der Waals surface area (Å²) in [4.78, 5) is 8.04. The van der Waals surface area contributed by atoms with Crippen molar-refractivity contribution in [2.75, 3.05) is 13.1 Å². The third-order valence-corrected chi connectivity index (χ3v) is 1.72. The van der Waals surface area contributed by atoms with Crippen LogP contribution < -0.4 is 5.73 Å². The predicted molar refractivity (Wildman–Crippen MR) is 58.5 cm³/mol. The molecule has 0 amide bonds. The molecule has 1 aromatic carbocycles. The third kappa shape index (κ3) is 4.55. The Morgan fingerprint density at radius 2 is 1.93 bits per heavy atom. The van der Waals surface area contributed by atoms with E-state index in [9.17, 15) is 0 Å². The van der Waals surface area contributed by atoms with Gasteiger partial charge in [0.05, 0.1) is 19.1 Å². The maximum absolute atomic E-state index is 5.32. The highest BCUT2D eigenvalue weighted by Gasteiger charge is 1.84. The van der Waals surface area contributed by atoms with Gasteiger partial charge in [-0.3, -0.25) is 0 Å². The third-order valence-electron chi connectivity index (χ3n) is 1.72. The Kier molecular flexibility index (Phi) is 5.33. The van der Waals surface area contributed by atoms with Crippen LogP contribution in [0, 0.1) is 0 Å². The Balaban J connectivity index is 2.30. The lowest BCUT2D eigenvalue weighted by atomic mass is 10.2. The van der Waals surface area contributed by atoms with Crippen molar-refractivity contribution < 1.29 is 0 Å². The Hall–Kier alpha value is -1.44. The SMILES string of the molecule is NCCCN=C=NCc1ccccc1. The van der Waals surface area contributed by atoms with E-state index in [1.807, 2.05) is 30.3 Å². The van der Waals surface area contributed by atoms with Gasteiger partial charge in [-0.15, -0.1) is 0 Å². The molecule has 1 rings (SSSR count). The number of rotatable bonds is 5. The Morgan fingerprint density at radius 3 is 2.64 bits per heavy atom. The summed E-state index contributed by atoms with van der Waals surface area (Å²) in [6, 6.07) is 12.7. The van der Waals surface area contributed by atoms with Crippen LogP contribution >= 0.6 is 0 Å². The van der Waals surface area contributed by atoms with Gasteiger partial charge in [-0.2, -0.15) is 0 Å². The second-order valence-electron chi connectivity index (χ2n) is 2.93. The molecule has 0 atom stereocenters. The van der Waals surface area contributed by atoms with Crippen LogP contribution in [0.2, 0.25) is 0 Å². The molecule has 0 aromatic heterocycles. The monoisotopic (exact) mass is 189 g/mol. The summed E-state index contributed by atoms with van der Waals surface area (Å²) in [5.74, 6) is 0. The van der Waals surface area contributed by atoms with E-state index in [1.54, 1.807) is 0 Å². The lowest BCUT2D eigenvalue weighted by Crippen LogP contribution is -1.99. The highest BCUT2D eigenvalue weighted by molar-refractivity contribution is 5.41. The Bertz CT molecular complexity index is 300. The Labute approximate surface area is 84.4 Å². The molecular weight excluding hydrogens is 174 g/mol. The fourth-order valence-corrected chi connectivity index (χ4v) is 0.980. The first-order valence-electron chi connectivity index (χ1n) is 4.75. The molecule has 0 heterocycles. The molecule has 0 saturated heterocycles. The van der Waals surface area contributed by atoms with Crippen molar-refractivity contribution in [1.82, 2.24) is 0 Å². The molecule has 1 aromatic rings. The molecule has 14 heavy (non-hydrogen) atoms. The van der Waals surface area contributed by atoms with E-state index in [1.165, 1.54) is 5.56 Å². The minimum Gasteiger partial charge on any atom is -0.330 e. The molecule has 0 saturated carbocycles. The molecular formula is C11H15N3. The minimum atomic E-state index is 0.646. The highest BCUT2D eigenvalue weighted by Crippen LogP contribution is 1.98. The van der Waals surface area contributed by atoms with E-state index in [2.05, 4.69) is 16.0 Å². The predicted octanol–water partition coefficient (Wildman–Crippen LogP) is 1.71. The largest absolute Gasteiger partial charge is 0.330 e. The lowest BCUT2D eigenvalue weighted by Gasteiger charge is -1.91. The van der Waals surface area contributed by atoms with Crippen molar-refractivity contribution in [3.63, 3.8) is 0 Å². The first kappa shape index (κ1) is 10.6. The van der Waals surface area contributed by atoms with Gasteiger partial charge >= 0.3 is 0 Å². The summed E-state index contributed by atoms with van der Waals surface area (Å²) in [5.41, 5.74) is 6.49. The van der Waals surface area contributed by atoms with Gasteiger partial charge in [-0.05, 0) is 18.5 Å². The molecule has 3 heteroatoms. The van der Waals surface area contributed by atoms with Gasteiger partial charge in [0, 0.05) is 0 Å². The standard InChI is InChI=1S/C11H15N3/c12-7-4-8-13-10-14-9-11-5-2-1-3-6-11/h1-3,5-6H,4,7-9,12H2. The fourth-order valence-electron chi connectivity index (χ4n) is 0.980. The van der Waals surface area contributed by atoms with E-state index in [-0.39, 0.29) is 0 Å².